The van der Waals surface area contributed by atoms with Crippen LogP contribution < -0.4 is 10.3 Å². The third-order valence-electron chi connectivity index (χ3n) is 4.70. The fourth-order valence-electron chi connectivity index (χ4n) is 2.90. The normalized spacial score (nSPS) is 12.1. The molecule has 0 amide bonds. The number of terminal acetylenes is 1. The van der Waals surface area contributed by atoms with Crippen molar-refractivity contribution in [2.24, 2.45) is 5.10 Å². The van der Waals surface area contributed by atoms with Gasteiger partial charge in [-0.15, -0.1) is 6.42 Å². The average molecular weight is 483 g/mol. The van der Waals surface area contributed by atoms with Crippen LogP contribution in [-0.2, 0) is 0 Å². The number of rotatable bonds is 7. The molecule has 3 aromatic rings. The van der Waals surface area contributed by atoms with E-state index in [1.165, 1.54) is 23.0 Å². The van der Waals surface area contributed by atoms with Gasteiger partial charge in [0.1, 0.15) is 12.4 Å². The predicted octanol–water partition coefficient (Wildman–Crippen LogP) is 4.47. The van der Waals surface area contributed by atoms with Crippen molar-refractivity contribution in [3.63, 3.8) is 0 Å². The minimum absolute atomic E-state index is 0.0215. The van der Waals surface area contributed by atoms with E-state index in [2.05, 4.69) is 31.9 Å². The van der Waals surface area contributed by atoms with Gasteiger partial charge in [-0.2, -0.15) is 9.78 Å². The number of fused-ring (bicyclic) bond motifs is 1. The smallest absolute Gasteiger partial charge is 0.311 e. The highest BCUT2D eigenvalue weighted by Gasteiger charge is 2.17. The molecule has 0 saturated heterocycles. The minimum Gasteiger partial charge on any atom is -0.474 e. The highest BCUT2D eigenvalue weighted by molar-refractivity contribution is 9.10. The molecule has 3 rings (SSSR count). The van der Waals surface area contributed by atoms with E-state index in [1.807, 2.05) is 19.9 Å². The molecule has 2 aromatic carbocycles. The monoisotopic (exact) mass is 482 g/mol. The first kappa shape index (κ1) is 22.2. The van der Waals surface area contributed by atoms with Gasteiger partial charge in [0, 0.05) is 22.0 Å². The molecule has 0 aliphatic heterocycles. The Bertz CT molecular complexity index is 1280. The van der Waals surface area contributed by atoms with Crippen LogP contribution in [0.3, 0.4) is 0 Å². The van der Waals surface area contributed by atoms with Gasteiger partial charge in [-0.1, -0.05) is 35.7 Å². The Morgan fingerprint density at radius 3 is 2.84 bits per heavy atom. The van der Waals surface area contributed by atoms with Gasteiger partial charge in [-0.05, 0) is 36.8 Å². The summed E-state index contributed by atoms with van der Waals surface area (Å²) in [6.45, 7) is 3.87. The molecule has 0 unspecified atom stereocenters. The SMILES string of the molecule is C#CCOc1ccc(C=Nn2c([C@@H](C)CC)nc3ccc(Br)cc3c2=O)cc1[N+](=O)[O-]. The molecule has 0 saturated carbocycles. The van der Waals surface area contributed by atoms with E-state index in [0.717, 1.165) is 10.9 Å². The Morgan fingerprint density at radius 1 is 1.39 bits per heavy atom. The fraction of sp³-hybridized carbons (Fsp3) is 0.227. The first-order valence-corrected chi connectivity index (χ1v) is 10.3. The van der Waals surface area contributed by atoms with Crippen LogP contribution in [0.25, 0.3) is 10.9 Å². The van der Waals surface area contributed by atoms with Crippen molar-refractivity contribution >= 4 is 38.7 Å². The first-order chi connectivity index (χ1) is 14.8. The Labute approximate surface area is 186 Å². The lowest BCUT2D eigenvalue weighted by molar-refractivity contribution is -0.385. The highest BCUT2D eigenvalue weighted by atomic mass is 79.9. The molecule has 0 fully saturated rings. The number of benzene rings is 2. The highest BCUT2D eigenvalue weighted by Crippen LogP contribution is 2.27. The molecule has 1 aromatic heterocycles. The summed E-state index contributed by atoms with van der Waals surface area (Å²) in [5, 5.41) is 16.1. The maximum atomic E-state index is 13.1. The van der Waals surface area contributed by atoms with Gasteiger partial charge in [-0.3, -0.25) is 14.9 Å². The lowest BCUT2D eigenvalue weighted by Crippen LogP contribution is -2.23. The summed E-state index contributed by atoms with van der Waals surface area (Å²) in [5.74, 6) is 2.83. The first-order valence-electron chi connectivity index (χ1n) is 9.47. The maximum absolute atomic E-state index is 13.1. The second kappa shape index (κ2) is 9.53. The number of nitrogens with zero attached hydrogens (tertiary/aromatic N) is 4. The van der Waals surface area contributed by atoms with Gasteiger partial charge in [0.2, 0.25) is 0 Å². The fourth-order valence-corrected chi connectivity index (χ4v) is 3.26. The molecule has 0 N–H and O–H groups in total. The van der Waals surface area contributed by atoms with E-state index in [0.29, 0.717) is 22.3 Å². The lowest BCUT2D eigenvalue weighted by Gasteiger charge is -2.14. The zero-order chi connectivity index (χ0) is 22.5. The number of ether oxygens (including phenoxy) is 1. The molecule has 1 atom stereocenters. The zero-order valence-electron chi connectivity index (χ0n) is 16.9. The molecule has 0 aliphatic rings. The van der Waals surface area contributed by atoms with Crippen molar-refractivity contribution in [1.29, 1.82) is 0 Å². The number of hydrogen-bond acceptors (Lipinski definition) is 6. The zero-order valence-corrected chi connectivity index (χ0v) is 18.5. The number of nitro benzene ring substituents is 1. The predicted molar refractivity (Wildman–Crippen MR) is 123 cm³/mol. The van der Waals surface area contributed by atoms with Crippen LogP contribution in [0, 0.1) is 22.5 Å². The Balaban J connectivity index is 2.11. The van der Waals surface area contributed by atoms with Crippen LogP contribution in [0.5, 0.6) is 5.75 Å². The summed E-state index contributed by atoms with van der Waals surface area (Å²) in [4.78, 5) is 28.6. The summed E-state index contributed by atoms with van der Waals surface area (Å²) < 4.78 is 7.22. The summed E-state index contributed by atoms with van der Waals surface area (Å²) in [6.07, 6.45) is 7.30. The third-order valence-corrected chi connectivity index (χ3v) is 5.19. The van der Waals surface area contributed by atoms with Crippen LogP contribution in [0.2, 0.25) is 0 Å². The van der Waals surface area contributed by atoms with E-state index in [-0.39, 0.29) is 29.5 Å². The molecule has 31 heavy (non-hydrogen) atoms. The molecule has 0 spiro atoms. The van der Waals surface area contributed by atoms with Gasteiger partial charge in [-0.25, -0.2) is 4.98 Å². The lowest BCUT2D eigenvalue weighted by atomic mass is 10.1. The maximum Gasteiger partial charge on any atom is 0.311 e. The van der Waals surface area contributed by atoms with Crippen LogP contribution in [0.4, 0.5) is 5.69 Å². The molecule has 0 aliphatic carbocycles. The number of nitro groups is 1. The molecule has 0 bridgehead atoms. The van der Waals surface area contributed by atoms with Gasteiger partial charge >= 0.3 is 5.69 Å². The van der Waals surface area contributed by atoms with Crippen molar-refractivity contribution in [3.8, 4) is 18.1 Å². The quantitative estimate of drug-likeness (QED) is 0.214. The summed E-state index contributed by atoms with van der Waals surface area (Å²) in [5.41, 5.74) is 0.451. The van der Waals surface area contributed by atoms with Crippen LogP contribution >= 0.6 is 15.9 Å². The van der Waals surface area contributed by atoms with Gasteiger partial charge < -0.3 is 4.74 Å². The van der Waals surface area contributed by atoms with E-state index < -0.39 is 4.92 Å². The standard InChI is InChI=1S/C22H19BrN4O4/c1-4-10-31-20-9-6-15(11-19(20)27(29)30)13-24-26-21(14(3)5-2)25-18-8-7-16(23)12-17(18)22(26)28/h1,6-9,11-14H,5,10H2,2-3H3/t14-/m0/s1. The van der Waals surface area contributed by atoms with Crippen molar-refractivity contribution in [1.82, 2.24) is 9.66 Å². The topological polar surface area (TPSA) is 99.6 Å². The molecular formula is C22H19BrN4O4. The average Bonchev–Trinajstić information content (AvgIpc) is 2.76. The number of hydrogen-bond donors (Lipinski definition) is 0. The van der Waals surface area contributed by atoms with Crippen molar-refractivity contribution in [2.45, 2.75) is 26.2 Å². The number of halogens is 1. The Hall–Kier alpha value is -3.51. The second-order valence-electron chi connectivity index (χ2n) is 6.78. The summed E-state index contributed by atoms with van der Waals surface area (Å²) >= 11 is 3.37. The molecule has 158 valence electrons. The summed E-state index contributed by atoms with van der Waals surface area (Å²) in [7, 11) is 0. The van der Waals surface area contributed by atoms with E-state index in [1.54, 1.807) is 18.2 Å². The minimum atomic E-state index is -0.560. The van der Waals surface area contributed by atoms with E-state index in [4.69, 9.17) is 11.2 Å². The molecule has 1 heterocycles. The molecule has 0 radical (unpaired) electrons. The van der Waals surface area contributed by atoms with Crippen LogP contribution in [0.1, 0.15) is 37.6 Å². The molecular weight excluding hydrogens is 464 g/mol. The van der Waals surface area contributed by atoms with Crippen LogP contribution in [-0.4, -0.2) is 27.4 Å². The van der Waals surface area contributed by atoms with E-state index in [9.17, 15) is 14.9 Å². The van der Waals surface area contributed by atoms with Crippen molar-refractivity contribution in [2.75, 3.05) is 6.61 Å². The Morgan fingerprint density at radius 2 is 2.16 bits per heavy atom. The number of aromatic nitrogens is 2. The van der Waals surface area contributed by atoms with Gasteiger partial charge in [0.25, 0.3) is 5.56 Å². The second-order valence-corrected chi connectivity index (χ2v) is 7.70. The third kappa shape index (κ3) is 4.81. The summed E-state index contributed by atoms with van der Waals surface area (Å²) in [6, 6.07) is 9.66. The van der Waals surface area contributed by atoms with Gasteiger partial charge in [0.15, 0.2) is 5.75 Å². The van der Waals surface area contributed by atoms with Gasteiger partial charge in [0.05, 0.1) is 22.0 Å². The molecule has 9 heteroatoms. The Kier molecular flexibility index (Phi) is 6.82. The van der Waals surface area contributed by atoms with E-state index >= 15 is 0 Å². The van der Waals surface area contributed by atoms with Crippen molar-refractivity contribution in [3.05, 3.63) is 72.7 Å². The van der Waals surface area contributed by atoms with Crippen LogP contribution in [0.15, 0.2) is 50.8 Å². The molecule has 8 nitrogen and oxygen atoms in total. The van der Waals surface area contributed by atoms with Crippen molar-refractivity contribution < 1.29 is 9.66 Å². The largest absolute Gasteiger partial charge is 0.474 e.